The third kappa shape index (κ3) is 12.3. The first-order valence-corrected chi connectivity index (χ1v) is 11.1. The van der Waals surface area contributed by atoms with Gasteiger partial charge in [-0.3, -0.25) is 14.4 Å². The van der Waals surface area contributed by atoms with Gasteiger partial charge in [-0.25, -0.2) is 14.6 Å². The Balaban J connectivity index is 2.70. The molecule has 1 unspecified atom stereocenters. The van der Waals surface area contributed by atoms with Gasteiger partial charge in [0.2, 0.25) is 5.91 Å². The summed E-state index contributed by atoms with van der Waals surface area (Å²) in [6.07, 6.45) is -1.40. The Kier molecular flexibility index (Phi) is 13.3. The van der Waals surface area contributed by atoms with Crippen molar-refractivity contribution in [3.05, 3.63) is 29.8 Å². The zero-order chi connectivity index (χ0) is 28.7. The van der Waals surface area contributed by atoms with E-state index in [2.05, 4.69) is 32.8 Å². The summed E-state index contributed by atoms with van der Waals surface area (Å²) in [5.41, 5.74) is 6.10. The number of nitrogens with two attached hydrogens (primary N) is 1. The molecule has 1 rings (SSSR count). The number of hydrogen-bond acceptors (Lipinski definition) is 9. The lowest BCUT2D eigenvalue weighted by molar-refractivity contribution is -0.142. The number of rotatable bonds is 16. The molecule has 0 saturated carbocycles. The molecule has 16 nitrogen and oxygen atoms in total. The molecule has 0 spiro atoms. The molecular formula is C22H30N6O10. The number of carbonyl (C=O) groups excluding carboxylic acids is 2. The number of oxime groups is 1. The van der Waals surface area contributed by atoms with Gasteiger partial charge in [0.05, 0.1) is 19.0 Å². The highest BCUT2D eigenvalue weighted by atomic mass is 16.6. The molecule has 0 fully saturated rings. The second-order valence-electron chi connectivity index (χ2n) is 7.80. The molecule has 0 radical (unpaired) electrons. The summed E-state index contributed by atoms with van der Waals surface area (Å²) >= 11 is 0. The van der Waals surface area contributed by atoms with E-state index in [1.165, 1.54) is 24.3 Å². The number of phenols is 1. The molecule has 0 aliphatic rings. The molecule has 0 aliphatic carbocycles. The zero-order valence-electron chi connectivity index (χ0n) is 20.2. The van der Waals surface area contributed by atoms with Crippen LogP contribution in [-0.2, 0) is 30.4 Å². The molecule has 208 valence electrons. The van der Waals surface area contributed by atoms with Gasteiger partial charge >= 0.3 is 23.9 Å². The minimum atomic E-state index is -1.39. The monoisotopic (exact) mass is 538 g/mol. The number of aliphatic imine (C=N–C) groups is 1. The molecular weight excluding hydrogens is 508 g/mol. The molecule has 16 heteroatoms. The van der Waals surface area contributed by atoms with Crippen molar-refractivity contribution in [2.75, 3.05) is 13.2 Å². The summed E-state index contributed by atoms with van der Waals surface area (Å²) in [6.45, 7) is 2.87. The first kappa shape index (κ1) is 31.3. The summed E-state index contributed by atoms with van der Waals surface area (Å²) in [5, 5.41) is 47.0. The van der Waals surface area contributed by atoms with Crippen molar-refractivity contribution in [3.8, 4) is 5.75 Å². The van der Waals surface area contributed by atoms with E-state index in [0.29, 0.717) is 5.56 Å². The van der Waals surface area contributed by atoms with Crippen LogP contribution in [0.4, 0.5) is 4.79 Å². The second kappa shape index (κ2) is 16.1. The minimum Gasteiger partial charge on any atom is -0.508 e. The van der Waals surface area contributed by atoms with Crippen LogP contribution in [0.3, 0.4) is 0 Å². The van der Waals surface area contributed by atoms with Gasteiger partial charge in [-0.05, 0) is 30.8 Å². The first-order valence-electron chi connectivity index (χ1n) is 11.1. The van der Waals surface area contributed by atoms with Crippen LogP contribution < -0.4 is 21.7 Å². The number of hydrogen-bond donors (Lipinski definition) is 8. The zero-order valence-corrected chi connectivity index (χ0v) is 20.2. The fourth-order valence-electron chi connectivity index (χ4n) is 2.90. The molecule has 1 aromatic rings. The van der Waals surface area contributed by atoms with Gasteiger partial charge in [-0.1, -0.05) is 17.3 Å². The molecule has 3 amide bonds. The predicted octanol–water partition coefficient (Wildman–Crippen LogP) is -1.13. The van der Waals surface area contributed by atoms with Gasteiger partial charge < -0.3 is 46.9 Å². The van der Waals surface area contributed by atoms with Crippen molar-refractivity contribution >= 4 is 42.4 Å². The molecule has 0 bridgehead atoms. The lowest BCUT2D eigenvalue weighted by atomic mass is 10.0. The van der Waals surface area contributed by atoms with E-state index in [1.54, 1.807) is 0 Å². The Bertz CT molecular complexity index is 1030. The molecule has 38 heavy (non-hydrogen) atoms. The van der Waals surface area contributed by atoms with E-state index in [-0.39, 0.29) is 37.6 Å². The first-order chi connectivity index (χ1) is 17.9. The maximum atomic E-state index is 12.7. The van der Waals surface area contributed by atoms with Gasteiger partial charge in [-0.2, -0.15) is 0 Å². The van der Waals surface area contributed by atoms with Crippen molar-refractivity contribution in [3.63, 3.8) is 0 Å². The number of amides is 3. The third-order valence-electron chi connectivity index (χ3n) is 4.78. The molecule has 1 aromatic carbocycles. The molecule has 0 heterocycles. The number of carboxylic acid groups (broad SMARTS) is 3. The Morgan fingerprint density at radius 3 is 2.21 bits per heavy atom. The van der Waals surface area contributed by atoms with Crippen LogP contribution in [0.15, 0.2) is 34.4 Å². The summed E-state index contributed by atoms with van der Waals surface area (Å²) in [5.74, 6) is -4.87. The quantitative estimate of drug-likeness (QED) is 0.0540. The van der Waals surface area contributed by atoms with Crippen molar-refractivity contribution < 1.29 is 49.2 Å². The van der Waals surface area contributed by atoms with Gasteiger partial charge in [0.1, 0.15) is 24.4 Å². The summed E-state index contributed by atoms with van der Waals surface area (Å²) < 4.78 is 0. The number of benzene rings is 1. The van der Waals surface area contributed by atoms with Crippen molar-refractivity contribution in [1.82, 2.24) is 16.0 Å². The smallest absolute Gasteiger partial charge is 0.326 e. The number of amidine groups is 1. The van der Waals surface area contributed by atoms with E-state index >= 15 is 0 Å². The number of urea groups is 1. The van der Waals surface area contributed by atoms with Gasteiger partial charge in [0.25, 0.3) is 0 Å². The van der Waals surface area contributed by atoms with Crippen LogP contribution in [0.2, 0.25) is 0 Å². The van der Waals surface area contributed by atoms with Crippen LogP contribution in [0.5, 0.6) is 5.75 Å². The van der Waals surface area contributed by atoms with Crippen molar-refractivity contribution in [1.29, 1.82) is 0 Å². The fraction of sp³-hybridized carbons (Fsp3) is 0.409. The maximum absolute atomic E-state index is 12.7. The average molecular weight is 539 g/mol. The van der Waals surface area contributed by atoms with Crippen LogP contribution in [0.1, 0.15) is 24.8 Å². The lowest BCUT2D eigenvalue weighted by Gasteiger charge is -2.21. The SMILES string of the molecule is C=N/C(=N\OCCNC(=O)N[C@@H](CCC(=O)O)C(=O)NC(Cc1ccc(O)cc1)C(=O)O)[C@@H](N)CC(=O)O. The van der Waals surface area contributed by atoms with Crippen LogP contribution in [0, 0.1) is 0 Å². The highest BCUT2D eigenvalue weighted by Crippen LogP contribution is 2.12. The fourth-order valence-corrected chi connectivity index (χ4v) is 2.90. The number of aromatic hydroxyl groups is 1. The highest BCUT2D eigenvalue weighted by Gasteiger charge is 2.27. The predicted molar refractivity (Wildman–Crippen MR) is 132 cm³/mol. The van der Waals surface area contributed by atoms with Gasteiger partial charge in [0, 0.05) is 12.8 Å². The number of nitrogens with one attached hydrogen (secondary N) is 3. The maximum Gasteiger partial charge on any atom is 0.326 e. The van der Waals surface area contributed by atoms with Crippen molar-refractivity contribution in [2.45, 2.75) is 43.8 Å². The molecule has 0 saturated heterocycles. The number of nitrogens with zero attached hydrogens (tertiary/aromatic N) is 2. The second-order valence-corrected chi connectivity index (χ2v) is 7.80. The van der Waals surface area contributed by atoms with E-state index in [9.17, 15) is 34.2 Å². The summed E-state index contributed by atoms with van der Waals surface area (Å²) in [6, 6.07) is 0.956. The third-order valence-corrected chi connectivity index (χ3v) is 4.78. The number of aliphatic carboxylic acids is 3. The van der Waals surface area contributed by atoms with E-state index in [4.69, 9.17) is 20.8 Å². The number of carbonyl (C=O) groups is 5. The standard InChI is InChI=1S/C22H30N6O10/c1-24-19(14(23)11-18(32)33)28-38-9-8-25-22(37)27-15(6-7-17(30)31)20(34)26-16(21(35)36)10-12-2-4-13(29)5-3-12/h2-5,14-16,29H,1,6-11,23H2,(H,26,34)(H,30,31)(H,32,33)(H,35,36)(H2,25,27,37)/b28-19-/t14-,15-,16?/m0/s1. The topological polar surface area (TPSA) is 262 Å². The largest absolute Gasteiger partial charge is 0.508 e. The Labute approximate surface area is 216 Å². The normalized spacial score (nSPS) is 13.3. The average Bonchev–Trinajstić information content (AvgIpc) is 2.84. The number of carboxylic acids is 3. The van der Waals surface area contributed by atoms with Gasteiger partial charge in [-0.15, -0.1) is 0 Å². The molecule has 9 N–H and O–H groups in total. The van der Waals surface area contributed by atoms with Crippen LogP contribution in [0.25, 0.3) is 0 Å². The molecule has 0 aliphatic heterocycles. The Hall–Kier alpha value is -4.73. The molecule has 0 aromatic heterocycles. The summed E-state index contributed by atoms with van der Waals surface area (Å²) in [4.78, 5) is 66.7. The van der Waals surface area contributed by atoms with Crippen LogP contribution >= 0.6 is 0 Å². The lowest BCUT2D eigenvalue weighted by Crippen LogP contribution is -2.54. The van der Waals surface area contributed by atoms with Crippen molar-refractivity contribution in [2.24, 2.45) is 15.9 Å². The Morgan fingerprint density at radius 2 is 1.66 bits per heavy atom. The Morgan fingerprint density at radius 1 is 1.00 bits per heavy atom. The van der Waals surface area contributed by atoms with Gasteiger partial charge in [0.15, 0.2) is 5.84 Å². The van der Waals surface area contributed by atoms with E-state index in [0.717, 1.165) is 0 Å². The molecule has 3 atom stereocenters. The summed E-state index contributed by atoms with van der Waals surface area (Å²) in [7, 11) is 0. The van der Waals surface area contributed by atoms with E-state index < -0.39 is 60.8 Å². The highest BCUT2D eigenvalue weighted by molar-refractivity contribution is 5.93. The number of phenolic OH excluding ortho intramolecular Hbond substituents is 1. The van der Waals surface area contributed by atoms with Crippen LogP contribution in [-0.4, -0.2) is 94.1 Å². The van der Waals surface area contributed by atoms with E-state index in [1.807, 2.05) is 0 Å². The minimum absolute atomic E-state index is 0.0228.